The Hall–Kier alpha value is -2.71. The third-order valence-electron chi connectivity index (χ3n) is 3.61. The van der Waals surface area contributed by atoms with Crippen molar-refractivity contribution in [3.8, 4) is 0 Å². The summed E-state index contributed by atoms with van der Waals surface area (Å²) in [5.41, 5.74) is 2.07. The van der Waals surface area contributed by atoms with Crippen molar-refractivity contribution in [3.63, 3.8) is 0 Å². The van der Waals surface area contributed by atoms with Crippen molar-refractivity contribution >= 4 is 33.2 Å². The van der Waals surface area contributed by atoms with Crippen molar-refractivity contribution in [1.29, 1.82) is 0 Å². The predicted molar refractivity (Wildman–Crippen MR) is 100 cm³/mol. The van der Waals surface area contributed by atoms with Crippen LogP contribution in [0.25, 0.3) is 0 Å². The van der Waals surface area contributed by atoms with Crippen molar-refractivity contribution in [1.82, 2.24) is 4.72 Å². The zero-order valence-corrected chi connectivity index (χ0v) is 15.4. The number of nitrogens with one attached hydrogen (secondary N) is 3. The monoisotopic (exact) mass is 375 g/mol. The summed E-state index contributed by atoms with van der Waals surface area (Å²) in [7, 11) is -2.10. The van der Waals surface area contributed by atoms with Crippen molar-refractivity contribution in [3.05, 3.63) is 54.1 Å². The second-order valence-electron chi connectivity index (χ2n) is 5.66. The number of carbonyl (C=O) groups excluding carboxylic acids is 2. The number of amides is 2. The molecule has 0 spiro atoms. The minimum atomic E-state index is -3.46. The maximum atomic E-state index is 12.1. The second kappa shape index (κ2) is 8.59. The maximum absolute atomic E-state index is 12.1. The van der Waals surface area contributed by atoms with Gasteiger partial charge in [-0.15, -0.1) is 0 Å². The van der Waals surface area contributed by atoms with Gasteiger partial charge in [0, 0.05) is 24.7 Å². The molecule has 2 rings (SSSR count). The van der Waals surface area contributed by atoms with Gasteiger partial charge in [-0.2, -0.15) is 0 Å². The van der Waals surface area contributed by atoms with Gasteiger partial charge in [-0.25, -0.2) is 13.1 Å². The fraction of sp³-hybridized carbons (Fsp3) is 0.222. The van der Waals surface area contributed by atoms with Crippen LogP contribution in [0.3, 0.4) is 0 Å². The molecule has 0 heterocycles. The third-order valence-corrected chi connectivity index (χ3v) is 5.04. The summed E-state index contributed by atoms with van der Waals surface area (Å²) in [6.45, 7) is 1.42. The van der Waals surface area contributed by atoms with Gasteiger partial charge in [0.25, 0.3) is 0 Å². The Morgan fingerprint density at radius 3 is 2.15 bits per heavy atom. The standard InChI is InChI=1S/C18H21N3O4S/c1-13(22)20-15-4-3-5-16(12-15)21-18(23)11-8-14-6-9-17(10-7-14)26(24,25)19-2/h3-7,9-10,12,19H,8,11H2,1-2H3,(H,20,22)(H,21,23). The van der Waals surface area contributed by atoms with Gasteiger partial charge in [-0.05, 0) is 49.4 Å². The number of benzene rings is 2. The Morgan fingerprint density at radius 2 is 1.58 bits per heavy atom. The quantitative estimate of drug-likeness (QED) is 0.689. The lowest BCUT2D eigenvalue weighted by Gasteiger charge is -2.08. The Kier molecular flexibility index (Phi) is 6.48. The van der Waals surface area contributed by atoms with Crippen LogP contribution in [0.15, 0.2) is 53.4 Å². The Morgan fingerprint density at radius 1 is 0.962 bits per heavy atom. The predicted octanol–water partition coefficient (Wildman–Crippen LogP) is 2.12. The SMILES string of the molecule is CNS(=O)(=O)c1ccc(CCC(=O)Nc2cccc(NC(C)=O)c2)cc1. The molecule has 0 bridgehead atoms. The highest BCUT2D eigenvalue weighted by atomic mass is 32.2. The van der Waals surface area contributed by atoms with Crippen molar-refractivity contribution in [2.24, 2.45) is 0 Å². The van der Waals surface area contributed by atoms with Crippen LogP contribution in [0.2, 0.25) is 0 Å². The molecule has 3 N–H and O–H groups in total. The number of carbonyl (C=O) groups is 2. The van der Waals surface area contributed by atoms with E-state index >= 15 is 0 Å². The second-order valence-corrected chi connectivity index (χ2v) is 7.55. The largest absolute Gasteiger partial charge is 0.326 e. The van der Waals surface area contributed by atoms with E-state index in [0.29, 0.717) is 17.8 Å². The first-order chi connectivity index (χ1) is 12.3. The minimum Gasteiger partial charge on any atom is -0.326 e. The summed E-state index contributed by atoms with van der Waals surface area (Å²) < 4.78 is 25.6. The van der Waals surface area contributed by atoms with E-state index in [4.69, 9.17) is 0 Å². The van der Waals surface area contributed by atoms with Crippen LogP contribution >= 0.6 is 0 Å². The number of hydrogen-bond donors (Lipinski definition) is 3. The summed E-state index contributed by atoms with van der Waals surface area (Å²) in [5, 5.41) is 5.43. The van der Waals surface area contributed by atoms with Crippen LogP contribution in [-0.4, -0.2) is 27.3 Å². The van der Waals surface area contributed by atoms with Gasteiger partial charge in [0.1, 0.15) is 0 Å². The molecule has 0 fully saturated rings. The van der Waals surface area contributed by atoms with Gasteiger partial charge in [0.15, 0.2) is 0 Å². The molecule has 2 amide bonds. The smallest absolute Gasteiger partial charge is 0.240 e. The van der Waals surface area contributed by atoms with E-state index in [9.17, 15) is 18.0 Å². The maximum Gasteiger partial charge on any atom is 0.240 e. The molecule has 0 aliphatic heterocycles. The third kappa shape index (κ3) is 5.68. The van der Waals surface area contributed by atoms with E-state index in [0.717, 1.165) is 5.56 Å². The van der Waals surface area contributed by atoms with E-state index in [1.807, 2.05) is 0 Å². The van der Waals surface area contributed by atoms with Crippen molar-refractivity contribution in [2.45, 2.75) is 24.7 Å². The molecule has 8 heteroatoms. The van der Waals surface area contributed by atoms with Gasteiger partial charge in [-0.1, -0.05) is 18.2 Å². The molecule has 2 aromatic carbocycles. The molecule has 0 unspecified atom stereocenters. The minimum absolute atomic E-state index is 0.170. The lowest BCUT2D eigenvalue weighted by Crippen LogP contribution is -2.18. The molecule has 0 saturated heterocycles. The fourth-order valence-electron chi connectivity index (χ4n) is 2.31. The average molecular weight is 375 g/mol. The van der Waals surface area contributed by atoms with Crippen LogP contribution < -0.4 is 15.4 Å². The van der Waals surface area contributed by atoms with E-state index in [2.05, 4.69) is 15.4 Å². The topological polar surface area (TPSA) is 104 Å². The molecule has 2 aromatic rings. The first kappa shape index (κ1) is 19.6. The normalized spacial score (nSPS) is 11.0. The van der Waals surface area contributed by atoms with Crippen LogP contribution in [-0.2, 0) is 26.0 Å². The molecular weight excluding hydrogens is 354 g/mol. The molecular formula is C18H21N3O4S. The summed E-state index contributed by atoms with van der Waals surface area (Å²) in [4.78, 5) is 23.3. The van der Waals surface area contributed by atoms with Gasteiger partial charge in [-0.3, -0.25) is 9.59 Å². The average Bonchev–Trinajstić information content (AvgIpc) is 2.60. The van der Waals surface area contributed by atoms with E-state index in [1.54, 1.807) is 36.4 Å². The fourth-order valence-corrected chi connectivity index (χ4v) is 3.04. The summed E-state index contributed by atoms with van der Waals surface area (Å²) in [6.07, 6.45) is 0.736. The van der Waals surface area contributed by atoms with Gasteiger partial charge >= 0.3 is 0 Å². The van der Waals surface area contributed by atoms with Crippen LogP contribution in [0.5, 0.6) is 0 Å². The van der Waals surface area contributed by atoms with Gasteiger partial charge in [0.05, 0.1) is 4.90 Å². The Bertz CT molecular complexity index is 893. The number of sulfonamides is 1. The molecule has 0 aliphatic rings. The highest BCUT2D eigenvalue weighted by Crippen LogP contribution is 2.16. The number of hydrogen-bond acceptors (Lipinski definition) is 4. The summed E-state index contributed by atoms with van der Waals surface area (Å²) in [6, 6.07) is 13.3. The lowest BCUT2D eigenvalue weighted by molar-refractivity contribution is -0.116. The Balaban J connectivity index is 1.92. The van der Waals surface area contributed by atoms with Crippen LogP contribution in [0, 0.1) is 0 Å². The molecule has 0 saturated carbocycles. The number of aryl methyl sites for hydroxylation is 1. The summed E-state index contributed by atoms with van der Waals surface area (Å²) in [5.74, 6) is -0.353. The van der Waals surface area contributed by atoms with E-state index in [-0.39, 0.29) is 23.1 Å². The molecule has 0 radical (unpaired) electrons. The van der Waals surface area contributed by atoms with Crippen LogP contribution in [0.1, 0.15) is 18.9 Å². The zero-order valence-electron chi connectivity index (χ0n) is 14.6. The summed E-state index contributed by atoms with van der Waals surface area (Å²) >= 11 is 0. The molecule has 138 valence electrons. The molecule has 26 heavy (non-hydrogen) atoms. The molecule has 7 nitrogen and oxygen atoms in total. The molecule has 0 aromatic heterocycles. The van der Waals surface area contributed by atoms with Crippen LogP contribution in [0.4, 0.5) is 11.4 Å². The van der Waals surface area contributed by atoms with E-state index < -0.39 is 10.0 Å². The van der Waals surface area contributed by atoms with Crippen molar-refractivity contribution in [2.75, 3.05) is 17.7 Å². The number of rotatable bonds is 7. The first-order valence-corrected chi connectivity index (χ1v) is 9.48. The van der Waals surface area contributed by atoms with Gasteiger partial charge < -0.3 is 10.6 Å². The molecule has 0 atom stereocenters. The lowest BCUT2D eigenvalue weighted by atomic mass is 10.1. The Labute approximate surface area is 152 Å². The first-order valence-electron chi connectivity index (χ1n) is 8.00. The molecule has 0 aliphatic carbocycles. The van der Waals surface area contributed by atoms with E-state index in [1.165, 1.54) is 26.1 Å². The highest BCUT2D eigenvalue weighted by molar-refractivity contribution is 7.89. The van der Waals surface area contributed by atoms with Gasteiger partial charge in [0.2, 0.25) is 21.8 Å². The highest BCUT2D eigenvalue weighted by Gasteiger charge is 2.11. The van der Waals surface area contributed by atoms with Crippen molar-refractivity contribution < 1.29 is 18.0 Å². The number of anilines is 2. The zero-order chi connectivity index (χ0) is 19.2.